The fourth-order valence-corrected chi connectivity index (χ4v) is 2.75. The first-order chi connectivity index (χ1) is 11.3. The van der Waals surface area contributed by atoms with Gasteiger partial charge in [-0.05, 0) is 49.2 Å². The summed E-state index contributed by atoms with van der Waals surface area (Å²) in [6.07, 6.45) is -4.43. The monoisotopic (exact) mass is 332 g/mol. The van der Waals surface area contributed by atoms with E-state index < -0.39 is 11.7 Å². The molecular weight excluding hydrogens is 317 g/mol. The van der Waals surface area contributed by atoms with Crippen molar-refractivity contribution in [2.45, 2.75) is 26.6 Å². The molecule has 6 heteroatoms. The van der Waals surface area contributed by atoms with Crippen LogP contribution in [0.25, 0.3) is 22.2 Å². The number of aromatic nitrogens is 2. The van der Waals surface area contributed by atoms with Gasteiger partial charge in [0, 0.05) is 23.7 Å². The molecule has 2 heterocycles. The molecule has 1 aromatic carbocycles. The minimum Gasteiger partial charge on any atom is -0.293 e. The SMILES string of the molecule is CCn1c(=O)cc(-c2cccc(C(F)(F)F)c2)c2ccc(C)nc21. The van der Waals surface area contributed by atoms with Crippen LogP contribution in [0.5, 0.6) is 0 Å². The lowest BCUT2D eigenvalue weighted by molar-refractivity contribution is -0.137. The summed E-state index contributed by atoms with van der Waals surface area (Å²) in [5.74, 6) is 0. The minimum absolute atomic E-state index is 0.282. The predicted molar refractivity (Wildman–Crippen MR) is 86.9 cm³/mol. The van der Waals surface area contributed by atoms with Crippen LogP contribution in [0.15, 0.2) is 47.3 Å². The first-order valence-corrected chi connectivity index (χ1v) is 7.50. The summed E-state index contributed by atoms with van der Waals surface area (Å²) >= 11 is 0. The smallest absolute Gasteiger partial charge is 0.293 e. The van der Waals surface area contributed by atoms with E-state index in [-0.39, 0.29) is 5.56 Å². The van der Waals surface area contributed by atoms with Gasteiger partial charge in [0.25, 0.3) is 5.56 Å². The second kappa shape index (κ2) is 5.78. The van der Waals surface area contributed by atoms with Crippen LogP contribution >= 0.6 is 0 Å². The number of hydrogen-bond acceptors (Lipinski definition) is 2. The molecule has 3 aromatic rings. The highest BCUT2D eigenvalue weighted by Crippen LogP contribution is 2.33. The fraction of sp³-hybridized carbons (Fsp3) is 0.222. The second-order valence-electron chi connectivity index (χ2n) is 5.54. The summed E-state index contributed by atoms with van der Waals surface area (Å²) in [5, 5.41) is 0.654. The van der Waals surface area contributed by atoms with E-state index >= 15 is 0 Å². The first-order valence-electron chi connectivity index (χ1n) is 7.50. The summed E-state index contributed by atoms with van der Waals surface area (Å²) in [6.45, 7) is 4.07. The number of aryl methyl sites for hydroxylation is 2. The molecule has 0 bridgehead atoms. The van der Waals surface area contributed by atoms with E-state index in [1.807, 2.05) is 6.92 Å². The molecular formula is C18H15F3N2O. The molecule has 0 saturated carbocycles. The van der Waals surface area contributed by atoms with Gasteiger partial charge in [0.2, 0.25) is 0 Å². The second-order valence-corrected chi connectivity index (χ2v) is 5.54. The number of nitrogens with zero attached hydrogens (tertiary/aromatic N) is 2. The summed E-state index contributed by atoms with van der Waals surface area (Å²) in [6, 6.07) is 9.93. The van der Waals surface area contributed by atoms with Gasteiger partial charge >= 0.3 is 6.18 Å². The number of fused-ring (bicyclic) bond motifs is 1. The molecule has 3 nitrogen and oxygen atoms in total. The number of alkyl halides is 3. The van der Waals surface area contributed by atoms with Crippen molar-refractivity contribution in [2.24, 2.45) is 0 Å². The van der Waals surface area contributed by atoms with E-state index in [4.69, 9.17) is 0 Å². The standard InChI is InChI=1S/C18H15F3N2O/c1-3-23-16(24)10-15(14-8-7-11(2)22-17(14)23)12-5-4-6-13(9-12)18(19,20)21/h4-10H,3H2,1-2H3. The minimum atomic E-state index is -4.43. The maximum Gasteiger partial charge on any atom is 0.416 e. The van der Waals surface area contributed by atoms with Gasteiger partial charge < -0.3 is 0 Å². The Labute approximate surface area is 136 Å². The molecule has 0 aliphatic heterocycles. The lowest BCUT2D eigenvalue weighted by Crippen LogP contribution is -2.20. The Hall–Kier alpha value is -2.63. The zero-order valence-electron chi connectivity index (χ0n) is 13.2. The molecule has 0 N–H and O–H groups in total. The van der Waals surface area contributed by atoms with Crippen molar-refractivity contribution in [1.29, 1.82) is 0 Å². The molecule has 0 radical (unpaired) electrons. The van der Waals surface area contributed by atoms with E-state index in [0.717, 1.165) is 17.8 Å². The molecule has 0 spiro atoms. The van der Waals surface area contributed by atoms with Crippen molar-refractivity contribution in [1.82, 2.24) is 9.55 Å². The topological polar surface area (TPSA) is 34.9 Å². The quantitative estimate of drug-likeness (QED) is 0.697. The highest BCUT2D eigenvalue weighted by atomic mass is 19.4. The predicted octanol–water partition coefficient (Wildman–Crippen LogP) is 4.41. The average molecular weight is 332 g/mol. The third-order valence-electron chi connectivity index (χ3n) is 3.91. The van der Waals surface area contributed by atoms with Crippen molar-refractivity contribution >= 4 is 11.0 Å². The molecule has 0 amide bonds. The van der Waals surface area contributed by atoms with Gasteiger partial charge in [-0.1, -0.05) is 12.1 Å². The molecule has 0 aliphatic carbocycles. The number of rotatable bonds is 2. The Bertz CT molecular complexity index is 974. The van der Waals surface area contributed by atoms with Crippen molar-refractivity contribution < 1.29 is 13.2 Å². The number of halogens is 3. The van der Waals surface area contributed by atoms with Gasteiger partial charge in [0.1, 0.15) is 5.65 Å². The van der Waals surface area contributed by atoms with Gasteiger partial charge in [0.15, 0.2) is 0 Å². The number of benzene rings is 1. The average Bonchev–Trinajstić information content (AvgIpc) is 2.53. The van der Waals surface area contributed by atoms with Gasteiger partial charge in [0.05, 0.1) is 5.56 Å². The van der Waals surface area contributed by atoms with E-state index in [0.29, 0.717) is 28.7 Å². The molecule has 24 heavy (non-hydrogen) atoms. The van der Waals surface area contributed by atoms with Crippen molar-refractivity contribution in [3.8, 4) is 11.1 Å². The van der Waals surface area contributed by atoms with E-state index in [1.54, 1.807) is 25.1 Å². The Kier molecular flexibility index (Phi) is 3.91. The summed E-state index contributed by atoms with van der Waals surface area (Å²) in [5.41, 5.74) is 1.00. The third kappa shape index (κ3) is 2.79. The van der Waals surface area contributed by atoms with Crippen LogP contribution in [-0.2, 0) is 12.7 Å². The van der Waals surface area contributed by atoms with Crippen LogP contribution in [0, 0.1) is 6.92 Å². The van der Waals surface area contributed by atoms with Crippen LogP contribution in [-0.4, -0.2) is 9.55 Å². The van der Waals surface area contributed by atoms with Gasteiger partial charge in [-0.3, -0.25) is 9.36 Å². The van der Waals surface area contributed by atoms with Crippen LogP contribution in [0.1, 0.15) is 18.2 Å². The van der Waals surface area contributed by atoms with E-state index in [9.17, 15) is 18.0 Å². The van der Waals surface area contributed by atoms with Crippen molar-refractivity contribution in [3.63, 3.8) is 0 Å². The highest BCUT2D eigenvalue weighted by molar-refractivity contribution is 5.92. The Balaban J connectivity index is 2.34. The molecule has 0 saturated heterocycles. The van der Waals surface area contributed by atoms with E-state index in [1.165, 1.54) is 16.7 Å². The zero-order valence-corrected chi connectivity index (χ0v) is 13.2. The molecule has 2 aromatic heterocycles. The Morgan fingerprint density at radius 1 is 1.12 bits per heavy atom. The van der Waals surface area contributed by atoms with Crippen LogP contribution in [0.3, 0.4) is 0 Å². The molecule has 0 atom stereocenters. The summed E-state index contributed by atoms with van der Waals surface area (Å²) in [7, 11) is 0. The maximum absolute atomic E-state index is 13.0. The Morgan fingerprint density at radius 3 is 2.54 bits per heavy atom. The molecule has 0 unspecified atom stereocenters. The number of pyridine rings is 2. The number of hydrogen-bond donors (Lipinski definition) is 0. The highest BCUT2D eigenvalue weighted by Gasteiger charge is 2.30. The summed E-state index contributed by atoms with van der Waals surface area (Å²) in [4.78, 5) is 16.8. The normalized spacial score (nSPS) is 11.9. The van der Waals surface area contributed by atoms with E-state index in [2.05, 4.69) is 4.98 Å². The molecule has 124 valence electrons. The lowest BCUT2D eigenvalue weighted by atomic mass is 10.00. The maximum atomic E-state index is 13.0. The van der Waals surface area contributed by atoms with Crippen LogP contribution in [0.4, 0.5) is 13.2 Å². The largest absolute Gasteiger partial charge is 0.416 e. The first kappa shape index (κ1) is 16.2. The van der Waals surface area contributed by atoms with Crippen molar-refractivity contribution in [2.75, 3.05) is 0 Å². The lowest BCUT2D eigenvalue weighted by Gasteiger charge is -2.13. The molecule has 0 fully saturated rings. The van der Waals surface area contributed by atoms with Crippen LogP contribution in [0.2, 0.25) is 0 Å². The van der Waals surface area contributed by atoms with Crippen molar-refractivity contribution in [3.05, 3.63) is 64.1 Å². The Morgan fingerprint density at radius 2 is 1.88 bits per heavy atom. The molecule has 0 aliphatic rings. The van der Waals surface area contributed by atoms with Gasteiger partial charge in [-0.2, -0.15) is 13.2 Å². The van der Waals surface area contributed by atoms with Gasteiger partial charge in [-0.25, -0.2) is 4.98 Å². The summed E-state index contributed by atoms with van der Waals surface area (Å²) < 4.78 is 40.4. The molecule has 3 rings (SSSR count). The van der Waals surface area contributed by atoms with Gasteiger partial charge in [-0.15, -0.1) is 0 Å². The third-order valence-corrected chi connectivity index (χ3v) is 3.91. The zero-order chi connectivity index (χ0) is 17.5. The fourth-order valence-electron chi connectivity index (χ4n) is 2.75. The van der Waals surface area contributed by atoms with Crippen LogP contribution < -0.4 is 5.56 Å².